The second kappa shape index (κ2) is 4.25. The lowest BCUT2D eigenvalue weighted by Gasteiger charge is -2.15. The summed E-state index contributed by atoms with van der Waals surface area (Å²) in [6.45, 7) is 0. The van der Waals surface area contributed by atoms with Gasteiger partial charge in [-0.25, -0.2) is 8.78 Å². The van der Waals surface area contributed by atoms with Gasteiger partial charge in [0.1, 0.15) is 28.5 Å². The van der Waals surface area contributed by atoms with Crippen molar-refractivity contribution in [3.05, 3.63) is 63.6 Å². The standard InChI is InChI=1S/C17H10F2O2/c18-10-6-4-9-5-7-14-15(11(9)8-10)17(20)16-12(19)2-1-3-13(16)21-14/h1-7,10H,8H2. The van der Waals surface area contributed by atoms with Gasteiger partial charge in [0.05, 0.1) is 5.39 Å². The third kappa shape index (κ3) is 1.72. The van der Waals surface area contributed by atoms with E-state index in [4.69, 9.17) is 4.42 Å². The molecule has 1 heterocycles. The smallest absolute Gasteiger partial charge is 0.203 e. The zero-order chi connectivity index (χ0) is 14.6. The average molecular weight is 284 g/mol. The topological polar surface area (TPSA) is 30.2 Å². The number of alkyl halides is 1. The van der Waals surface area contributed by atoms with E-state index in [-0.39, 0.29) is 22.8 Å². The van der Waals surface area contributed by atoms with Crippen molar-refractivity contribution in [1.29, 1.82) is 0 Å². The molecule has 4 rings (SSSR count). The van der Waals surface area contributed by atoms with Crippen LogP contribution in [0.1, 0.15) is 11.1 Å². The zero-order valence-corrected chi connectivity index (χ0v) is 10.9. The minimum atomic E-state index is -1.14. The van der Waals surface area contributed by atoms with Crippen molar-refractivity contribution in [3.8, 4) is 0 Å². The molecule has 0 radical (unpaired) electrons. The third-order valence-corrected chi connectivity index (χ3v) is 3.84. The Morgan fingerprint density at radius 1 is 1.10 bits per heavy atom. The molecule has 0 saturated carbocycles. The summed E-state index contributed by atoms with van der Waals surface area (Å²) in [6.07, 6.45) is 2.07. The molecule has 2 aromatic carbocycles. The molecule has 1 atom stereocenters. The fourth-order valence-electron chi connectivity index (χ4n) is 2.88. The monoisotopic (exact) mass is 284 g/mol. The molecule has 0 spiro atoms. The molecule has 1 aliphatic carbocycles. The Balaban J connectivity index is 2.23. The van der Waals surface area contributed by atoms with Gasteiger partial charge in [0.2, 0.25) is 5.43 Å². The van der Waals surface area contributed by atoms with Gasteiger partial charge >= 0.3 is 0 Å². The van der Waals surface area contributed by atoms with E-state index >= 15 is 0 Å². The maximum Gasteiger partial charge on any atom is 0.203 e. The minimum absolute atomic E-state index is 0.0802. The largest absolute Gasteiger partial charge is 0.456 e. The van der Waals surface area contributed by atoms with Crippen LogP contribution in [0.25, 0.3) is 28.0 Å². The lowest BCUT2D eigenvalue weighted by Crippen LogP contribution is -2.13. The number of rotatable bonds is 0. The van der Waals surface area contributed by atoms with Crippen molar-refractivity contribution in [2.24, 2.45) is 0 Å². The van der Waals surface area contributed by atoms with Crippen LogP contribution in [-0.2, 0) is 6.42 Å². The Morgan fingerprint density at radius 3 is 2.76 bits per heavy atom. The molecular formula is C17H10F2O2. The number of hydrogen-bond acceptors (Lipinski definition) is 2. The van der Waals surface area contributed by atoms with Gasteiger partial charge in [-0.3, -0.25) is 4.79 Å². The van der Waals surface area contributed by atoms with E-state index in [1.54, 1.807) is 24.3 Å². The van der Waals surface area contributed by atoms with Crippen molar-refractivity contribution < 1.29 is 13.2 Å². The molecule has 0 fully saturated rings. The third-order valence-electron chi connectivity index (χ3n) is 3.84. The van der Waals surface area contributed by atoms with Crippen LogP contribution in [-0.4, -0.2) is 6.17 Å². The molecule has 4 heteroatoms. The van der Waals surface area contributed by atoms with Crippen molar-refractivity contribution in [2.45, 2.75) is 12.6 Å². The molecule has 1 aromatic heterocycles. The summed E-state index contributed by atoms with van der Waals surface area (Å²) in [6, 6.07) is 7.72. The Kier molecular flexibility index (Phi) is 2.48. The summed E-state index contributed by atoms with van der Waals surface area (Å²) in [5.41, 5.74) is 1.49. The Hall–Kier alpha value is -2.49. The maximum absolute atomic E-state index is 13.9. The van der Waals surface area contributed by atoms with Crippen LogP contribution in [0.15, 0.2) is 45.6 Å². The quantitative estimate of drug-likeness (QED) is 0.584. The van der Waals surface area contributed by atoms with Gasteiger partial charge in [-0.05, 0) is 35.4 Å². The number of hydrogen-bond donors (Lipinski definition) is 0. The van der Waals surface area contributed by atoms with Gasteiger partial charge in [-0.15, -0.1) is 0 Å². The first kappa shape index (κ1) is 12.3. The molecule has 1 aliphatic rings. The molecule has 3 aromatic rings. The van der Waals surface area contributed by atoms with E-state index in [1.807, 2.05) is 0 Å². The van der Waals surface area contributed by atoms with Crippen molar-refractivity contribution >= 4 is 28.0 Å². The van der Waals surface area contributed by atoms with Crippen LogP contribution < -0.4 is 5.43 Å². The van der Waals surface area contributed by atoms with Gasteiger partial charge in [-0.1, -0.05) is 18.2 Å². The second-order valence-corrected chi connectivity index (χ2v) is 5.13. The lowest BCUT2D eigenvalue weighted by atomic mass is 9.92. The second-order valence-electron chi connectivity index (χ2n) is 5.13. The van der Waals surface area contributed by atoms with E-state index in [0.717, 1.165) is 5.56 Å². The van der Waals surface area contributed by atoms with Crippen molar-refractivity contribution in [3.63, 3.8) is 0 Å². The molecule has 0 aliphatic heterocycles. The van der Waals surface area contributed by atoms with Crippen LogP contribution in [0.5, 0.6) is 0 Å². The number of halogens is 2. The lowest BCUT2D eigenvalue weighted by molar-refractivity contribution is 0.398. The van der Waals surface area contributed by atoms with Crippen LogP contribution in [0.4, 0.5) is 8.78 Å². The number of benzene rings is 2. The SMILES string of the molecule is O=c1c2c(F)cccc2oc2ccc3c(c12)CC(F)C=C3. The molecule has 0 saturated heterocycles. The van der Waals surface area contributed by atoms with E-state index in [9.17, 15) is 13.6 Å². The summed E-state index contributed by atoms with van der Waals surface area (Å²) in [5, 5.41) is 0.195. The minimum Gasteiger partial charge on any atom is -0.456 e. The van der Waals surface area contributed by atoms with Gasteiger partial charge in [-0.2, -0.15) is 0 Å². The normalized spacial score (nSPS) is 17.3. The first-order valence-corrected chi connectivity index (χ1v) is 6.64. The summed E-state index contributed by atoms with van der Waals surface area (Å²) in [7, 11) is 0. The van der Waals surface area contributed by atoms with E-state index in [2.05, 4.69) is 0 Å². The highest BCUT2D eigenvalue weighted by Gasteiger charge is 2.20. The zero-order valence-electron chi connectivity index (χ0n) is 10.9. The highest BCUT2D eigenvalue weighted by molar-refractivity contribution is 5.93. The molecule has 0 bridgehead atoms. The van der Waals surface area contributed by atoms with Gasteiger partial charge < -0.3 is 4.42 Å². The summed E-state index contributed by atoms with van der Waals surface area (Å²) in [4.78, 5) is 12.6. The predicted octanol–water partition coefficient (Wildman–Crippen LogP) is 3.99. The Labute approximate surface area is 118 Å². The molecule has 0 N–H and O–H groups in total. The van der Waals surface area contributed by atoms with Crippen LogP contribution in [0, 0.1) is 5.82 Å². The molecule has 2 nitrogen and oxygen atoms in total. The van der Waals surface area contributed by atoms with Crippen LogP contribution in [0.3, 0.4) is 0 Å². The fraction of sp³-hybridized carbons (Fsp3) is 0.118. The summed E-state index contributed by atoms with van der Waals surface area (Å²) in [5.74, 6) is -0.621. The first-order chi connectivity index (χ1) is 10.1. The highest BCUT2D eigenvalue weighted by atomic mass is 19.1. The van der Waals surface area contributed by atoms with Crippen molar-refractivity contribution in [2.75, 3.05) is 0 Å². The fourth-order valence-corrected chi connectivity index (χ4v) is 2.88. The highest BCUT2D eigenvalue weighted by Crippen LogP contribution is 2.29. The molecule has 104 valence electrons. The molecule has 0 amide bonds. The number of allylic oxidation sites excluding steroid dienone is 1. The van der Waals surface area contributed by atoms with E-state index < -0.39 is 17.4 Å². The maximum atomic E-state index is 13.9. The molecule has 21 heavy (non-hydrogen) atoms. The molecule has 1 unspecified atom stereocenters. The van der Waals surface area contributed by atoms with E-state index in [0.29, 0.717) is 11.1 Å². The van der Waals surface area contributed by atoms with Gasteiger partial charge in [0, 0.05) is 6.42 Å². The average Bonchev–Trinajstić information content (AvgIpc) is 2.46. The van der Waals surface area contributed by atoms with Gasteiger partial charge in [0.25, 0.3) is 0 Å². The van der Waals surface area contributed by atoms with Crippen molar-refractivity contribution in [1.82, 2.24) is 0 Å². The predicted molar refractivity (Wildman–Crippen MR) is 77.6 cm³/mol. The van der Waals surface area contributed by atoms with Crippen LogP contribution >= 0.6 is 0 Å². The summed E-state index contributed by atoms with van der Waals surface area (Å²) < 4.78 is 33.2. The summed E-state index contributed by atoms with van der Waals surface area (Å²) >= 11 is 0. The Morgan fingerprint density at radius 2 is 1.90 bits per heavy atom. The van der Waals surface area contributed by atoms with Crippen LogP contribution in [0.2, 0.25) is 0 Å². The Bertz CT molecular complexity index is 970. The van der Waals surface area contributed by atoms with Gasteiger partial charge in [0.15, 0.2) is 0 Å². The molecular weight excluding hydrogens is 274 g/mol. The number of fused-ring (bicyclic) bond motifs is 4. The van der Waals surface area contributed by atoms with E-state index in [1.165, 1.54) is 18.2 Å². The first-order valence-electron chi connectivity index (χ1n) is 6.64.